The lowest BCUT2D eigenvalue weighted by molar-refractivity contribution is -0.201. The highest BCUT2D eigenvalue weighted by molar-refractivity contribution is 5.81. The molecular weight excluding hydrogens is 442 g/mol. The SMILES string of the molecule is CC1(C)O[C@@H]2[C@H](O1)[C@@H](COCC#Cc1cccc(/C=N/O)n1)O[C@H]2n1cnc2c(N)ncnc21. The summed E-state index contributed by atoms with van der Waals surface area (Å²) in [6, 6.07) is 5.24. The molecule has 2 saturated heterocycles. The third kappa shape index (κ3) is 4.29. The molecule has 0 spiro atoms. The van der Waals surface area contributed by atoms with E-state index >= 15 is 0 Å². The van der Waals surface area contributed by atoms with Crippen molar-refractivity contribution in [1.29, 1.82) is 0 Å². The molecular formula is C22H23N7O5. The first-order valence-electron chi connectivity index (χ1n) is 10.6. The van der Waals surface area contributed by atoms with E-state index in [4.69, 9.17) is 29.9 Å². The second-order valence-corrected chi connectivity index (χ2v) is 8.22. The molecule has 176 valence electrons. The number of aromatic nitrogens is 5. The maximum absolute atomic E-state index is 8.63. The van der Waals surface area contributed by atoms with Gasteiger partial charge in [-0.25, -0.2) is 19.9 Å². The molecule has 3 N–H and O–H groups in total. The summed E-state index contributed by atoms with van der Waals surface area (Å²) in [5.41, 5.74) is 8.03. The van der Waals surface area contributed by atoms with E-state index in [9.17, 15) is 0 Å². The molecule has 5 rings (SSSR count). The van der Waals surface area contributed by atoms with Crippen LogP contribution in [-0.4, -0.2) is 73.2 Å². The highest BCUT2D eigenvalue weighted by atomic mass is 16.8. The summed E-state index contributed by atoms with van der Waals surface area (Å²) in [5, 5.41) is 11.6. The predicted octanol–water partition coefficient (Wildman–Crippen LogP) is 1.10. The highest BCUT2D eigenvalue weighted by Crippen LogP contribution is 2.43. The lowest BCUT2D eigenvalue weighted by Crippen LogP contribution is -2.33. The average Bonchev–Trinajstić information content (AvgIpc) is 3.46. The maximum Gasteiger partial charge on any atom is 0.167 e. The lowest BCUT2D eigenvalue weighted by Gasteiger charge is -2.24. The van der Waals surface area contributed by atoms with Gasteiger partial charge in [-0.05, 0) is 31.9 Å². The normalized spacial score (nSPS) is 25.5. The van der Waals surface area contributed by atoms with Crippen LogP contribution in [0.2, 0.25) is 0 Å². The number of rotatable bonds is 5. The van der Waals surface area contributed by atoms with Gasteiger partial charge in [0.15, 0.2) is 23.5 Å². The molecule has 3 aromatic rings. The van der Waals surface area contributed by atoms with E-state index in [0.29, 0.717) is 28.4 Å². The Morgan fingerprint density at radius 1 is 1.26 bits per heavy atom. The molecule has 12 heteroatoms. The minimum atomic E-state index is -0.769. The van der Waals surface area contributed by atoms with Gasteiger partial charge >= 0.3 is 0 Å². The number of anilines is 1. The number of nitrogens with two attached hydrogens (primary N) is 1. The summed E-state index contributed by atoms with van der Waals surface area (Å²) in [4.78, 5) is 16.9. The van der Waals surface area contributed by atoms with Crippen LogP contribution < -0.4 is 5.73 Å². The predicted molar refractivity (Wildman–Crippen MR) is 119 cm³/mol. The number of ether oxygens (including phenoxy) is 4. The zero-order chi connectivity index (χ0) is 23.7. The van der Waals surface area contributed by atoms with Crippen LogP contribution in [0.15, 0.2) is 36.0 Å². The molecule has 0 bridgehead atoms. The van der Waals surface area contributed by atoms with Crippen LogP contribution in [0, 0.1) is 11.8 Å². The molecule has 2 aliphatic rings. The van der Waals surface area contributed by atoms with E-state index in [1.807, 2.05) is 13.8 Å². The fourth-order valence-electron chi connectivity index (χ4n) is 4.08. The van der Waals surface area contributed by atoms with Crippen LogP contribution in [0.1, 0.15) is 31.5 Å². The standard InChI is InChI=1S/C22H23N7O5/c1-22(2)33-17-15(10-31-8-4-7-13-5-3-6-14(28-13)9-27-30)32-21(18(17)34-22)29-12-26-16-19(23)24-11-25-20(16)29/h3,5-6,9,11-12,15,17-18,21,30H,8,10H2,1-2H3,(H2,23,24,25)/b27-9+/t15-,17-,18-,21-/m1/s1. The van der Waals surface area contributed by atoms with Gasteiger partial charge < -0.3 is 29.9 Å². The Morgan fingerprint density at radius 2 is 2.12 bits per heavy atom. The van der Waals surface area contributed by atoms with Crippen molar-refractivity contribution in [3.05, 3.63) is 42.2 Å². The van der Waals surface area contributed by atoms with Gasteiger partial charge in [-0.15, -0.1) is 0 Å². The number of nitrogens with zero attached hydrogens (tertiary/aromatic N) is 6. The summed E-state index contributed by atoms with van der Waals surface area (Å²) < 4.78 is 26.1. The largest absolute Gasteiger partial charge is 0.411 e. The highest BCUT2D eigenvalue weighted by Gasteiger charge is 2.56. The molecule has 0 aromatic carbocycles. The van der Waals surface area contributed by atoms with Crippen molar-refractivity contribution < 1.29 is 24.2 Å². The molecule has 0 unspecified atom stereocenters. The molecule has 0 radical (unpaired) electrons. The van der Waals surface area contributed by atoms with Gasteiger partial charge in [-0.1, -0.05) is 17.1 Å². The van der Waals surface area contributed by atoms with Gasteiger partial charge in [-0.2, -0.15) is 0 Å². The topological polar surface area (TPSA) is 152 Å². The number of pyridine rings is 1. The third-order valence-corrected chi connectivity index (χ3v) is 5.42. The van der Waals surface area contributed by atoms with Crippen LogP contribution in [0.4, 0.5) is 5.82 Å². The maximum atomic E-state index is 8.63. The van der Waals surface area contributed by atoms with Crippen molar-refractivity contribution >= 4 is 23.2 Å². The van der Waals surface area contributed by atoms with E-state index < -0.39 is 18.1 Å². The molecule has 5 heterocycles. The Bertz CT molecular complexity index is 1280. The van der Waals surface area contributed by atoms with Gasteiger partial charge in [0.2, 0.25) is 0 Å². The Balaban J connectivity index is 1.27. The van der Waals surface area contributed by atoms with Crippen molar-refractivity contribution in [3.8, 4) is 11.8 Å². The molecule has 34 heavy (non-hydrogen) atoms. The van der Waals surface area contributed by atoms with Crippen LogP contribution in [0.3, 0.4) is 0 Å². The monoisotopic (exact) mass is 465 g/mol. The van der Waals surface area contributed by atoms with Crippen LogP contribution in [0.25, 0.3) is 11.2 Å². The summed E-state index contributed by atoms with van der Waals surface area (Å²) in [6.45, 7) is 4.14. The zero-order valence-corrected chi connectivity index (χ0v) is 18.5. The summed E-state index contributed by atoms with van der Waals surface area (Å²) in [7, 11) is 0. The van der Waals surface area contributed by atoms with E-state index in [-0.39, 0.29) is 25.4 Å². The van der Waals surface area contributed by atoms with Crippen molar-refractivity contribution in [2.45, 2.75) is 44.2 Å². The first kappa shape index (κ1) is 22.2. The van der Waals surface area contributed by atoms with Gasteiger partial charge in [0, 0.05) is 0 Å². The minimum Gasteiger partial charge on any atom is -0.411 e. The van der Waals surface area contributed by atoms with E-state index in [0.717, 1.165) is 0 Å². The van der Waals surface area contributed by atoms with Crippen LogP contribution in [-0.2, 0) is 18.9 Å². The third-order valence-electron chi connectivity index (χ3n) is 5.42. The molecule has 0 saturated carbocycles. The molecule has 0 aliphatic carbocycles. The number of hydrogen-bond donors (Lipinski definition) is 2. The Hall–Kier alpha value is -3.63. The fraction of sp³-hybridized carbons (Fsp3) is 0.409. The van der Waals surface area contributed by atoms with Crippen molar-refractivity contribution in [3.63, 3.8) is 0 Å². The molecule has 3 aromatic heterocycles. The van der Waals surface area contributed by atoms with Gasteiger partial charge in [0.25, 0.3) is 0 Å². The lowest BCUT2D eigenvalue weighted by atomic mass is 10.1. The van der Waals surface area contributed by atoms with Gasteiger partial charge in [-0.3, -0.25) is 4.57 Å². The summed E-state index contributed by atoms with van der Waals surface area (Å²) >= 11 is 0. The quantitative estimate of drug-likeness (QED) is 0.184. The number of imidazole rings is 1. The van der Waals surface area contributed by atoms with Crippen LogP contribution >= 0.6 is 0 Å². The zero-order valence-electron chi connectivity index (χ0n) is 18.5. The minimum absolute atomic E-state index is 0.171. The number of fused-ring (bicyclic) bond motifs is 2. The van der Waals surface area contributed by atoms with E-state index in [1.54, 1.807) is 29.1 Å². The molecule has 0 amide bonds. The van der Waals surface area contributed by atoms with Gasteiger partial charge in [0.1, 0.15) is 42.5 Å². The number of nitrogen functional groups attached to an aromatic ring is 1. The second kappa shape index (κ2) is 8.96. The number of oxime groups is 1. The van der Waals surface area contributed by atoms with Crippen molar-refractivity contribution in [2.24, 2.45) is 5.16 Å². The molecule has 12 nitrogen and oxygen atoms in total. The second-order valence-electron chi connectivity index (χ2n) is 8.22. The Morgan fingerprint density at radius 3 is 2.97 bits per heavy atom. The Labute approximate surface area is 194 Å². The van der Waals surface area contributed by atoms with Gasteiger partial charge in [0.05, 0.1) is 24.8 Å². The molecule has 2 fully saturated rings. The first-order valence-corrected chi connectivity index (χ1v) is 10.6. The van der Waals surface area contributed by atoms with E-state index in [1.165, 1.54) is 12.5 Å². The van der Waals surface area contributed by atoms with E-state index in [2.05, 4.69) is 36.9 Å². The summed E-state index contributed by atoms with van der Waals surface area (Å²) in [5.74, 6) is 5.37. The number of hydrogen-bond acceptors (Lipinski definition) is 11. The van der Waals surface area contributed by atoms with Crippen molar-refractivity contribution in [1.82, 2.24) is 24.5 Å². The molecule has 4 atom stereocenters. The van der Waals surface area contributed by atoms with Crippen molar-refractivity contribution in [2.75, 3.05) is 18.9 Å². The molecule has 2 aliphatic heterocycles. The smallest absolute Gasteiger partial charge is 0.167 e. The Kier molecular flexibility index (Phi) is 5.84. The summed E-state index contributed by atoms with van der Waals surface area (Å²) in [6.07, 6.45) is 2.59. The first-order chi connectivity index (χ1) is 16.4. The average molecular weight is 465 g/mol. The van der Waals surface area contributed by atoms with Crippen LogP contribution in [0.5, 0.6) is 0 Å². The fourth-order valence-corrected chi connectivity index (χ4v) is 4.08.